The minimum Gasteiger partial charge on any atom is -0.497 e. The molecule has 1 aromatic carbocycles. The van der Waals surface area contributed by atoms with Crippen LogP contribution in [-0.4, -0.2) is 27.6 Å². The zero-order chi connectivity index (χ0) is 14.6. The maximum Gasteiger partial charge on any atom is 0.265 e. The van der Waals surface area contributed by atoms with E-state index in [1.54, 1.807) is 44.5 Å². The Morgan fingerprint density at radius 3 is 2.45 bits per heavy atom. The van der Waals surface area contributed by atoms with Crippen LogP contribution in [0.25, 0.3) is 0 Å². The van der Waals surface area contributed by atoms with Gasteiger partial charge in [0.05, 0.1) is 7.11 Å². The molecular weight excluding hydrogens is 278 g/mol. The summed E-state index contributed by atoms with van der Waals surface area (Å²) < 4.78 is 32.1. The highest BCUT2D eigenvalue weighted by molar-refractivity contribution is 7.92. The molecule has 0 aliphatic rings. The molecule has 0 aliphatic carbocycles. The second kappa shape index (κ2) is 5.79. The first-order chi connectivity index (χ1) is 9.56. The van der Waals surface area contributed by atoms with Gasteiger partial charge in [-0.25, -0.2) is 13.4 Å². The quantitative estimate of drug-likeness (QED) is 0.880. The second-order valence-corrected chi connectivity index (χ2v) is 5.58. The third kappa shape index (κ3) is 3.00. The van der Waals surface area contributed by atoms with Gasteiger partial charge in [0.15, 0.2) is 0 Å². The van der Waals surface area contributed by atoms with Gasteiger partial charge < -0.3 is 10.1 Å². The highest BCUT2D eigenvalue weighted by Gasteiger charge is 2.18. The Kier molecular flexibility index (Phi) is 4.09. The lowest BCUT2D eigenvalue weighted by Crippen LogP contribution is -2.15. The van der Waals surface area contributed by atoms with Crippen LogP contribution < -0.4 is 14.8 Å². The van der Waals surface area contributed by atoms with Crippen LogP contribution >= 0.6 is 0 Å². The molecule has 1 aromatic heterocycles. The second-order valence-electron chi connectivity index (χ2n) is 3.93. The lowest BCUT2D eigenvalue weighted by molar-refractivity contribution is 0.415. The average Bonchev–Trinajstić information content (AvgIpc) is 2.47. The van der Waals surface area contributed by atoms with Gasteiger partial charge in [-0.05, 0) is 36.4 Å². The van der Waals surface area contributed by atoms with Crippen LogP contribution in [0.2, 0.25) is 0 Å². The van der Waals surface area contributed by atoms with E-state index >= 15 is 0 Å². The lowest BCUT2D eigenvalue weighted by atomic mass is 10.3. The van der Waals surface area contributed by atoms with Crippen LogP contribution in [0.1, 0.15) is 0 Å². The number of benzene rings is 1. The van der Waals surface area contributed by atoms with Crippen LogP contribution in [0.5, 0.6) is 5.75 Å². The molecule has 2 N–H and O–H groups in total. The maximum absolute atomic E-state index is 12.3. The SMILES string of the molecule is CNc1ncccc1S(=O)(=O)Nc1ccc(OC)cc1. The van der Waals surface area contributed by atoms with Gasteiger partial charge in [0.2, 0.25) is 0 Å². The van der Waals surface area contributed by atoms with Crippen molar-refractivity contribution < 1.29 is 13.2 Å². The number of hydrogen-bond acceptors (Lipinski definition) is 5. The summed E-state index contributed by atoms with van der Waals surface area (Å²) in [6.07, 6.45) is 1.53. The van der Waals surface area contributed by atoms with E-state index in [4.69, 9.17) is 4.74 Å². The van der Waals surface area contributed by atoms with Crippen molar-refractivity contribution in [3.8, 4) is 5.75 Å². The highest BCUT2D eigenvalue weighted by atomic mass is 32.2. The number of nitrogens with zero attached hydrogens (tertiary/aromatic N) is 1. The van der Waals surface area contributed by atoms with Crippen molar-refractivity contribution in [1.82, 2.24) is 4.98 Å². The Morgan fingerprint density at radius 1 is 1.15 bits per heavy atom. The van der Waals surface area contributed by atoms with Gasteiger partial charge in [0, 0.05) is 18.9 Å². The zero-order valence-corrected chi connectivity index (χ0v) is 11.9. The highest BCUT2D eigenvalue weighted by Crippen LogP contribution is 2.22. The number of aromatic nitrogens is 1. The van der Waals surface area contributed by atoms with Gasteiger partial charge in [0.1, 0.15) is 16.5 Å². The predicted octanol–water partition coefficient (Wildman–Crippen LogP) is 1.93. The van der Waals surface area contributed by atoms with Crippen molar-refractivity contribution in [2.75, 3.05) is 24.2 Å². The summed E-state index contributed by atoms with van der Waals surface area (Å²) in [4.78, 5) is 4.08. The topological polar surface area (TPSA) is 80.3 Å². The number of methoxy groups -OCH3 is 1. The Balaban J connectivity index is 2.30. The maximum atomic E-state index is 12.3. The Labute approximate surface area is 117 Å². The Bertz CT molecular complexity index is 684. The summed E-state index contributed by atoms with van der Waals surface area (Å²) in [5.41, 5.74) is 0.455. The molecule has 106 valence electrons. The summed E-state index contributed by atoms with van der Waals surface area (Å²) in [7, 11) is -0.522. The Hall–Kier alpha value is -2.28. The van der Waals surface area contributed by atoms with E-state index in [0.29, 0.717) is 17.3 Å². The summed E-state index contributed by atoms with van der Waals surface area (Å²) in [5.74, 6) is 0.957. The molecule has 0 fully saturated rings. The lowest BCUT2D eigenvalue weighted by Gasteiger charge is -2.11. The number of anilines is 2. The van der Waals surface area contributed by atoms with Gasteiger partial charge in [-0.2, -0.15) is 0 Å². The first-order valence-electron chi connectivity index (χ1n) is 5.86. The summed E-state index contributed by atoms with van der Waals surface area (Å²) in [6.45, 7) is 0. The van der Waals surface area contributed by atoms with E-state index in [-0.39, 0.29) is 4.90 Å². The largest absolute Gasteiger partial charge is 0.497 e. The number of nitrogens with one attached hydrogen (secondary N) is 2. The molecule has 6 nitrogen and oxygen atoms in total. The number of rotatable bonds is 5. The molecule has 0 aliphatic heterocycles. The molecule has 20 heavy (non-hydrogen) atoms. The fourth-order valence-corrected chi connectivity index (χ4v) is 2.89. The summed E-state index contributed by atoms with van der Waals surface area (Å²) in [6, 6.07) is 9.69. The number of sulfonamides is 1. The zero-order valence-electron chi connectivity index (χ0n) is 11.1. The van der Waals surface area contributed by atoms with Gasteiger partial charge in [0.25, 0.3) is 10.0 Å². The van der Waals surface area contributed by atoms with Crippen LogP contribution in [0, 0.1) is 0 Å². The van der Waals surface area contributed by atoms with Crippen molar-refractivity contribution in [3.63, 3.8) is 0 Å². The molecule has 0 bridgehead atoms. The standard InChI is InChI=1S/C13H15N3O3S/c1-14-13-12(4-3-9-15-13)20(17,18)16-10-5-7-11(19-2)8-6-10/h3-9,16H,1-2H3,(H,14,15). The molecule has 2 aromatic rings. The predicted molar refractivity (Wildman–Crippen MR) is 77.6 cm³/mol. The number of pyridine rings is 1. The number of ether oxygens (including phenoxy) is 1. The van der Waals surface area contributed by atoms with E-state index < -0.39 is 10.0 Å². The minimum atomic E-state index is -3.69. The van der Waals surface area contributed by atoms with Gasteiger partial charge in [-0.3, -0.25) is 4.72 Å². The van der Waals surface area contributed by atoms with E-state index in [1.807, 2.05) is 0 Å². The van der Waals surface area contributed by atoms with E-state index in [9.17, 15) is 8.42 Å². The molecule has 0 spiro atoms. The van der Waals surface area contributed by atoms with Crippen molar-refractivity contribution in [3.05, 3.63) is 42.6 Å². The van der Waals surface area contributed by atoms with Crippen molar-refractivity contribution >= 4 is 21.5 Å². The van der Waals surface area contributed by atoms with Crippen LogP contribution in [0.3, 0.4) is 0 Å². The van der Waals surface area contributed by atoms with Crippen molar-refractivity contribution in [2.45, 2.75) is 4.90 Å². The average molecular weight is 293 g/mol. The molecule has 2 rings (SSSR count). The van der Waals surface area contributed by atoms with E-state index in [2.05, 4.69) is 15.0 Å². The third-order valence-electron chi connectivity index (χ3n) is 2.64. The van der Waals surface area contributed by atoms with Gasteiger partial charge >= 0.3 is 0 Å². The van der Waals surface area contributed by atoms with Gasteiger partial charge in [-0.1, -0.05) is 0 Å². The van der Waals surface area contributed by atoms with E-state index in [1.165, 1.54) is 12.3 Å². The minimum absolute atomic E-state index is 0.0957. The third-order valence-corrected chi connectivity index (χ3v) is 4.05. The van der Waals surface area contributed by atoms with Crippen molar-refractivity contribution in [1.29, 1.82) is 0 Å². The van der Waals surface area contributed by atoms with Gasteiger partial charge in [-0.15, -0.1) is 0 Å². The smallest absolute Gasteiger partial charge is 0.265 e. The monoisotopic (exact) mass is 293 g/mol. The first-order valence-corrected chi connectivity index (χ1v) is 7.35. The van der Waals surface area contributed by atoms with Crippen molar-refractivity contribution in [2.24, 2.45) is 0 Å². The molecule has 0 radical (unpaired) electrons. The number of hydrogen-bond donors (Lipinski definition) is 2. The summed E-state index contributed by atoms with van der Waals surface area (Å²) >= 11 is 0. The molecule has 0 atom stereocenters. The molecule has 0 amide bonds. The molecule has 0 saturated carbocycles. The summed E-state index contributed by atoms with van der Waals surface area (Å²) in [5, 5.41) is 2.76. The van der Waals surface area contributed by atoms with Crippen LogP contribution in [0.15, 0.2) is 47.5 Å². The molecule has 0 saturated heterocycles. The molecule has 0 unspecified atom stereocenters. The van der Waals surface area contributed by atoms with E-state index in [0.717, 1.165) is 0 Å². The fourth-order valence-electron chi connectivity index (χ4n) is 1.66. The van der Waals surface area contributed by atoms with Crippen LogP contribution in [0.4, 0.5) is 11.5 Å². The Morgan fingerprint density at radius 2 is 1.85 bits per heavy atom. The van der Waals surface area contributed by atoms with Crippen LogP contribution in [-0.2, 0) is 10.0 Å². The molecular formula is C13H15N3O3S. The first kappa shape index (κ1) is 14.1. The normalized spacial score (nSPS) is 10.9. The molecule has 7 heteroatoms. The fraction of sp³-hybridized carbons (Fsp3) is 0.154. The molecule has 1 heterocycles.